The molecule has 3 aromatic rings. The van der Waals surface area contributed by atoms with Gasteiger partial charge in [0.25, 0.3) is 5.69 Å². The molecular weight excluding hydrogens is 422 g/mol. The molecule has 168 valence electrons. The molecular formula is C25H23N3O5. The molecule has 0 saturated heterocycles. The van der Waals surface area contributed by atoms with Gasteiger partial charge < -0.3 is 9.47 Å². The number of nitrogens with one attached hydrogen (secondary N) is 1. The number of nitrogens with zero attached hydrogens (tertiary/aromatic N) is 2. The molecule has 1 aliphatic rings. The van der Waals surface area contributed by atoms with Crippen LogP contribution >= 0.6 is 0 Å². The SMILES string of the molecule is COc1cc(/C=N\NC(=O)[C@@H]2CC2(c2ccccc2)c2ccccc2)c([N+](=O)[O-])cc1OC. The first-order valence-corrected chi connectivity index (χ1v) is 10.4. The Bertz CT molecular complexity index is 1160. The molecule has 3 aromatic carbocycles. The zero-order chi connectivity index (χ0) is 23.4. The Hall–Kier alpha value is -4.20. The fraction of sp³-hybridized carbons (Fsp3) is 0.200. The molecule has 1 aliphatic carbocycles. The van der Waals surface area contributed by atoms with E-state index in [4.69, 9.17) is 9.47 Å². The molecule has 4 rings (SSSR count). The van der Waals surface area contributed by atoms with Gasteiger partial charge in [0, 0.05) is 5.41 Å². The van der Waals surface area contributed by atoms with Crippen molar-refractivity contribution in [2.75, 3.05) is 14.2 Å². The molecule has 0 aliphatic heterocycles. The molecule has 0 aromatic heterocycles. The monoisotopic (exact) mass is 445 g/mol. The van der Waals surface area contributed by atoms with Crippen LogP contribution < -0.4 is 14.9 Å². The molecule has 0 radical (unpaired) electrons. The van der Waals surface area contributed by atoms with Gasteiger partial charge in [-0.2, -0.15) is 5.10 Å². The van der Waals surface area contributed by atoms with Gasteiger partial charge in [-0.05, 0) is 23.6 Å². The summed E-state index contributed by atoms with van der Waals surface area (Å²) in [5, 5.41) is 15.5. The minimum atomic E-state index is -0.540. The van der Waals surface area contributed by atoms with Gasteiger partial charge in [-0.1, -0.05) is 60.7 Å². The Kier molecular flexibility index (Phi) is 6.08. The first-order chi connectivity index (χ1) is 16.0. The molecule has 0 unspecified atom stereocenters. The number of nitro groups is 1. The minimum Gasteiger partial charge on any atom is -0.493 e. The number of methoxy groups -OCH3 is 2. The summed E-state index contributed by atoms with van der Waals surface area (Å²) in [4.78, 5) is 23.9. The van der Waals surface area contributed by atoms with Crippen LogP contribution in [0.2, 0.25) is 0 Å². The molecule has 33 heavy (non-hydrogen) atoms. The molecule has 1 fully saturated rings. The number of hydrazone groups is 1. The van der Waals surface area contributed by atoms with Crippen molar-refractivity contribution in [2.24, 2.45) is 11.0 Å². The molecule has 0 bridgehead atoms. The van der Waals surface area contributed by atoms with E-state index in [1.807, 2.05) is 60.7 Å². The van der Waals surface area contributed by atoms with Crippen molar-refractivity contribution >= 4 is 17.8 Å². The second-order valence-electron chi connectivity index (χ2n) is 7.72. The van der Waals surface area contributed by atoms with Crippen LogP contribution in [0.25, 0.3) is 0 Å². The van der Waals surface area contributed by atoms with Crippen LogP contribution in [0.3, 0.4) is 0 Å². The Morgan fingerprint density at radius 2 is 1.58 bits per heavy atom. The Morgan fingerprint density at radius 3 is 2.09 bits per heavy atom. The lowest BCUT2D eigenvalue weighted by Gasteiger charge is -2.18. The van der Waals surface area contributed by atoms with Gasteiger partial charge in [-0.3, -0.25) is 14.9 Å². The largest absolute Gasteiger partial charge is 0.493 e. The molecule has 1 amide bonds. The van der Waals surface area contributed by atoms with E-state index in [2.05, 4.69) is 10.5 Å². The van der Waals surface area contributed by atoms with Crippen LogP contribution in [0.5, 0.6) is 11.5 Å². The highest BCUT2D eigenvalue weighted by Gasteiger charge is 2.60. The normalized spacial score (nSPS) is 16.2. The number of hydrogen-bond acceptors (Lipinski definition) is 6. The first-order valence-electron chi connectivity index (χ1n) is 10.4. The maximum atomic E-state index is 13.0. The van der Waals surface area contributed by atoms with Crippen LogP contribution in [-0.4, -0.2) is 31.3 Å². The number of amides is 1. The van der Waals surface area contributed by atoms with Gasteiger partial charge in [0.05, 0.1) is 42.9 Å². The van der Waals surface area contributed by atoms with E-state index in [1.54, 1.807) is 0 Å². The summed E-state index contributed by atoms with van der Waals surface area (Å²) < 4.78 is 10.3. The highest BCUT2D eigenvalue weighted by molar-refractivity contribution is 5.90. The highest BCUT2D eigenvalue weighted by atomic mass is 16.6. The van der Waals surface area contributed by atoms with Gasteiger partial charge in [0.2, 0.25) is 5.91 Å². The number of ether oxygens (including phenoxy) is 2. The van der Waals surface area contributed by atoms with Crippen LogP contribution in [0.15, 0.2) is 77.9 Å². The minimum absolute atomic E-state index is 0.186. The Morgan fingerprint density at radius 1 is 1.03 bits per heavy atom. The Balaban J connectivity index is 1.57. The third kappa shape index (κ3) is 4.15. The number of carbonyl (C=O) groups is 1. The number of benzene rings is 3. The molecule has 8 nitrogen and oxygen atoms in total. The smallest absolute Gasteiger partial charge is 0.282 e. The van der Waals surface area contributed by atoms with Crippen LogP contribution in [0, 0.1) is 16.0 Å². The van der Waals surface area contributed by atoms with Crippen molar-refractivity contribution in [1.82, 2.24) is 5.43 Å². The van der Waals surface area contributed by atoms with Gasteiger partial charge in [0.15, 0.2) is 11.5 Å². The van der Waals surface area contributed by atoms with E-state index in [9.17, 15) is 14.9 Å². The van der Waals surface area contributed by atoms with Crippen molar-refractivity contribution in [3.8, 4) is 11.5 Å². The number of hydrogen-bond donors (Lipinski definition) is 1. The van der Waals surface area contributed by atoms with E-state index in [-0.39, 0.29) is 28.8 Å². The van der Waals surface area contributed by atoms with Crippen molar-refractivity contribution in [3.05, 3.63) is 99.6 Å². The summed E-state index contributed by atoms with van der Waals surface area (Å²) in [6.45, 7) is 0. The lowest BCUT2D eigenvalue weighted by Crippen LogP contribution is -2.25. The van der Waals surface area contributed by atoms with E-state index in [0.717, 1.165) is 11.1 Å². The number of rotatable bonds is 8. The first kappa shape index (κ1) is 22.0. The molecule has 1 N–H and O–H groups in total. The lowest BCUT2D eigenvalue weighted by atomic mass is 9.85. The summed E-state index contributed by atoms with van der Waals surface area (Å²) >= 11 is 0. The molecule has 1 atom stereocenters. The van der Waals surface area contributed by atoms with Crippen molar-refractivity contribution < 1.29 is 19.2 Å². The third-order valence-corrected chi connectivity index (χ3v) is 5.96. The number of nitro benzene ring substituents is 1. The van der Waals surface area contributed by atoms with Gasteiger partial charge in [-0.15, -0.1) is 0 Å². The fourth-order valence-corrected chi connectivity index (χ4v) is 4.24. The second-order valence-corrected chi connectivity index (χ2v) is 7.72. The Labute approximate surface area is 191 Å². The summed E-state index contributed by atoms with van der Waals surface area (Å²) in [6, 6.07) is 22.5. The van der Waals surface area contributed by atoms with Crippen molar-refractivity contribution in [2.45, 2.75) is 11.8 Å². The van der Waals surface area contributed by atoms with Crippen LogP contribution in [0.4, 0.5) is 5.69 Å². The van der Waals surface area contributed by atoms with Gasteiger partial charge in [-0.25, -0.2) is 5.43 Å². The average molecular weight is 445 g/mol. The maximum Gasteiger partial charge on any atom is 0.282 e. The summed E-state index contributed by atoms with van der Waals surface area (Å²) in [5.41, 5.74) is 4.25. The zero-order valence-corrected chi connectivity index (χ0v) is 18.2. The molecule has 0 spiro atoms. The summed E-state index contributed by atoms with van der Waals surface area (Å²) in [6.07, 6.45) is 1.89. The molecule has 8 heteroatoms. The number of carbonyl (C=O) groups excluding carboxylic acids is 1. The topological polar surface area (TPSA) is 103 Å². The highest BCUT2D eigenvalue weighted by Crippen LogP contribution is 2.58. The predicted molar refractivity (Wildman–Crippen MR) is 124 cm³/mol. The summed E-state index contributed by atoms with van der Waals surface area (Å²) in [7, 11) is 2.84. The third-order valence-electron chi connectivity index (χ3n) is 5.96. The zero-order valence-electron chi connectivity index (χ0n) is 18.2. The van der Waals surface area contributed by atoms with Gasteiger partial charge >= 0.3 is 0 Å². The quantitative estimate of drug-likeness (QED) is 0.320. The lowest BCUT2D eigenvalue weighted by molar-refractivity contribution is -0.385. The second kappa shape index (κ2) is 9.12. The average Bonchev–Trinajstić information content (AvgIpc) is 3.62. The van der Waals surface area contributed by atoms with Crippen LogP contribution in [-0.2, 0) is 10.2 Å². The standard InChI is InChI=1S/C25H23N3O5/c1-32-22-13-17(21(28(30)31)14-23(22)33-2)16-26-27-24(29)20-15-25(20,18-9-5-3-6-10-18)19-11-7-4-8-12-19/h3-14,16,20H,15H2,1-2H3,(H,27,29)/b26-16-/t20-/m0/s1. The predicted octanol–water partition coefficient (Wildman–Crippen LogP) is 4.07. The van der Waals surface area contributed by atoms with E-state index >= 15 is 0 Å². The summed E-state index contributed by atoms with van der Waals surface area (Å²) in [5.74, 6) is 0.00559. The maximum absolute atomic E-state index is 13.0. The van der Waals surface area contributed by atoms with E-state index < -0.39 is 10.3 Å². The van der Waals surface area contributed by atoms with Gasteiger partial charge in [0.1, 0.15) is 0 Å². The van der Waals surface area contributed by atoms with E-state index in [0.29, 0.717) is 12.2 Å². The van der Waals surface area contributed by atoms with Crippen LogP contribution in [0.1, 0.15) is 23.1 Å². The van der Waals surface area contributed by atoms with Crippen molar-refractivity contribution in [3.63, 3.8) is 0 Å². The molecule has 0 heterocycles. The van der Waals surface area contributed by atoms with E-state index in [1.165, 1.54) is 32.6 Å². The molecule has 1 saturated carbocycles. The van der Waals surface area contributed by atoms with Crippen molar-refractivity contribution in [1.29, 1.82) is 0 Å². The fourth-order valence-electron chi connectivity index (χ4n) is 4.24.